The van der Waals surface area contributed by atoms with Crippen LogP contribution in [0.3, 0.4) is 0 Å². The molecule has 0 amide bonds. The number of rotatable bonds is 3. The third-order valence-corrected chi connectivity index (χ3v) is 3.61. The zero-order chi connectivity index (χ0) is 17.1. The molecule has 0 spiro atoms. The van der Waals surface area contributed by atoms with E-state index < -0.39 is 5.97 Å². The first kappa shape index (κ1) is 15.6. The van der Waals surface area contributed by atoms with Crippen molar-refractivity contribution >= 4 is 5.97 Å². The molecule has 4 heteroatoms. The molecule has 3 aromatic rings. The van der Waals surface area contributed by atoms with Gasteiger partial charge in [-0.2, -0.15) is 0 Å². The van der Waals surface area contributed by atoms with E-state index in [1.165, 1.54) is 6.92 Å². The van der Waals surface area contributed by atoms with Crippen LogP contribution in [-0.2, 0) is 4.79 Å². The molecular weight excluding hydrogens is 304 g/mol. The first-order chi connectivity index (χ1) is 11.5. The van der Waals surface area contributed by atoms with Crippen molar-refractivity contribution in [3.8, 4) is 39.5 Å². The Morgan fingerprint density at radius 3 is 1.88 bits per heavy atom. The van der Waals surface area contributed by atoms with E-state index in [9.17, 15) is 15.0 Å². The number of aromatic hydroxyl groups is 2. The lowest BCUT2D eigenvalue weighted by Gasteiger charge is -2.15. The maximum Gasteiger partial charge on any atom is 0.308 e. The molecule has 0 bridgehead atoms. The molecule has 0 aliphatic heterocycles. The fraction of sp³-hybridized carbons (Fsp3) is 0.0500. The lowest BCUT2D eigenvalue weighted by atomic mass is 9.93. The van der Waals surface area contributed by atoms with Crippen molar-refractivity contribution in [3.05, 3.63) is 66.7 Å². The first-order valence-corrected chi connectivity index (χ1v) is 7.45. The van der Waals surface area contributed by atoms with E-state index in [-0.39, 0.29) is 11.5 Å². The van der Waals surface area contributed by atoms with Crippen LogP contribution >= 0.6 is 0 Å². The number of benzene rings is 3. The Labute approximate surface area is 139 Å². The number of hydrogen-bond acceptors (Lipinski definition) is 4. The minimum Gasteiger partial charge on any atom is -0.508 e. The predicted molar refractivity (Wildman–Crippen MR) is 92.0 cm³/mol. The summed E-state index contributed by atoms with van der Waals surface area (Å²) in [6, 6.07) is 19.0. The lowest BCUT2D eigenvalue weighted by molar-refractivity contribution is -0.131. The second-order valence-corrected chi connectivity index (χ2v) is 5.37. The normalized spacial score (nSPS) is 10.4. The molecule has 0 saturated heterocycles. The number of ether oxygens (including phenoxy) is 1. The number of carbonyl (C=O) groups is 1. The van der Waals surface area contributed by atoms with E-state index in [4.69, 9.17) is 4.74 Å². The topological polar surface area (TPSA) is 66.8 Å². The van der Waals surface area contributed by atoms with Crippen molar-refractivity contribution in [3.63, 3.8) is 0 Å². The second-order valence-electron chi connectivity index (χ2n) is 5.37. The summed E-state index contributed by atoms with van der Waals surface area (Å²) < 4.78 is 5.37. The van der Waals surface area contributed by atoms with Crippen molar-refractivity contribution in [2.24, 2.45) is 0 Å². The predicted octanol–water partition coefficient (Wildman–Crippen LogP) is 4.36. The van der Waals surface area contributed by atoms with E-state index in [2.05, 4.69) is 0 Å². The fourth-order valence-corrected chi connectivity index (χ4v) is 2.58. The van der Waals surface area contributed by atoms with Crippen LogP contribution in [0.5, 0.6) is 17.2 Å². The highest BCUT2D eigenvalue weighted by molar-refractivity contribution is 5.89. The van der Waals surface area contributed by atoms with Gasteiger partial charge in [-0.1, -0.05) is 36.4 Å². The van der Waals surface area contributed by atoms with Gasteiger partial charge in [-0.05, 0) is 47.0 Å². The summed E-state index contributed by atoms with van der Waals surface area (Å²) in [5.74, 6) is 0.382. The van der Waals surface area contributed by atoms with Gasteiger partial charge >= 0.3 is 5.97 Å². The minimum atomic E-state index is -0.405. The molecule has 0 heterocycles. The summed E-state index contributed by atoms with van der Waals surface area (Å²) in [6.45, 7) is 1.35. The maximum atomic E-state index is 11.4. The molecular formula is C20H16O4. The fourth-order valence-electron chi connectivity index (χ4n) is 2.58. The molecule has 3 aromatic carbocycles. The number of carbonyl (C=O) groups excluding carboxylic acids is 1. The van der Waals surface area contributed by atoms with Crippen LogP contribution in [-0.4, -0.2) is 16.2 Å². The highest BCUT2D eigenvalue weighted by Crippen LogP contribution is 2.40. The van der Waals surface area contributed by atoms with Crippen molar-refractivity contribution < 1.29 is 19.7 Å². The second kappa shape index (κ2) is 6.46. The summed E-state index contributed by atoms with van der Waals surface area (Å²) in [4.78, 5) is 11.4. The third-order valence-electron chi connectivity index (χ3n) is 3.61. The van der Waals surface area contributed by atoms with E-state index in [0.717, 1.165) is 22.3 Å². The Bertz CT molecular complexity index is 865. The molecule has 24 heavy (non-hydrogen) atoms. The molecule has 120 valence electrons. The molecule has 3 rings (SSSR count). The molecule has 2 N–H and O–H groups in total. The van der Waals surface area contributed by atoms with Gasteiger partial charge in [0.2, 0.25) is 0 Å². The monoisotopic (exact) mass is 320 g/mol. The summed E-state index contributed by atoms with van der Waals surface area (Å²) >= 11 is 0. The zero-order valence-electron chi connectivity index (χ0n) is 13.1. The number of esters is 1. The van der Waals surface area contributed by atoms with Gasteiger partial charge in [0.15, 0.2) is 0 Å². The maximum absolute atomic E-state index is 11.4. The Morgan fingerprint density at radius 2 is 1.33 bits per heavy atom. The van der Waals surface area contributed by atoms with Gasteiger partial charge in [-0.3, -0.25) is 4.79 Å². The summed E-state index contributed by atoms with van der Waals surface area (Å²) in [7, 11) is 0. The van der Waals surface area contributed by atoms with Gasteiger partial charge in [0.05, 0.1) is 0 Å². The Balaban J connectivity index is 2.22. The van der Waals surface area contributed by atoms with Gasteiger partial charge in [0.1, 0.15) is 17.2 Å². The molecule has 0 aliphatic carbocycles. The minimum absolute atomic E-state index is 0.162. The van der Waals surface area contributed by atoms with Crippen molar-refractivity contribution in [2.45, 2.75) is 6.92 Å². The molecule has 0 aromatic heterocycles. The largest absolute Gasteiger partial charge is 0.508 e. The van der Waals surface area contributed by atoms with Crippen LogP contribution < -0.4 is 4.74 Å². The van der Waals surface area contributed by atoms with E-state index in [1.54, 1.807) is 54.6 Å². The van der Waals surface area contributed by atoms with E-state index in [0.29, 0.717) is 5.75 Å². The highest BCUT2D eigenvalue weighted by Gasteiger charge is 2.15. The van der Waals surface area contributed by atoms with Gasteiger partial charge in [0.25, 0.3) is 0 Å². The Morgan fingerprint density at radius 1 is 0.792 bits per heavy atom. The molecule has 0 saturated carbocycles. The molecule has 0 atom stereocenters. The third kappa shape index (κ3) is 3.22. The van der Waals surface area contributed by atoms with Crippen LogP contribution in [0, 0.1) is 0 Å². The van der Waals surface area contributed by atoms with E-state index in [1.807, 2.05) is 12.1 Å². The molecule has 0 unspecified atom stereocenters. The number of phenols is 2. The van der Waals surface area contributed by atoms with Crippen LogP contribution in [0.1, 0.15) is 6.92 Å². The van der Waals surface area contributed by atoms with Crippen molar-refractivity contribution in [2.75, 3.05) is 0 Å². The zero-order valence-corrected chi connectivity index (χ0v) is 13.1. The van der Waals surface area contributed by atoms with Crippen molar-refractivity contribution in [1.82, 2.24) is 0 Å². The summed E-state index contributed by atoms with van der Waals surface area (Å²) in [6.07, 6.45) is 0. The van der Waals surface area contributed by atoms with E-state index >= 15 is 0 Å². The van der Waals surface area contributed by atoms with Gasteiger partial charge in [-0.15, -0.1) is 0 Å². The quantitative estimate of drug-likeness (QED) is 0.556. The van der Waals surface area contributed by atoms with Crippen LogP contribution in [0.4, 0.5) is 0 Å². The van der Waals surface area contributed by atoms with Crippen LogP contribution in [0.15, 0.2) is 66.7 Å². The van der Waals surface area contributed by atoms with Gasteiger partial charge in [-0.25, -0.2) is 0 Å². The molecule has 0 fully saturated rings. The number of hydrogen-bond donors (Lipinski definition) is 2. The summed E-state index contributed by atoms with van der Waals surface area (Å²) in [5.41, 5.74) is 3.30. The SMILES string of the molecule is CC(=O)Oc1cccc(-c2ccc(O)cc2)c1-c1ccc(O)cc1. The smallest absolute Gasteiger partial charge is 0.308 e. The van der Waals surface area contributed by atoms with Gasteiger partial charge < -0.3 is 14.9 Å². The average Bonchev–Trinajstić information content (AvgIpc) is 2.56. The number of phenolic OH excluding ortho intramolecular Hbond substituents is 2. The van der Waals surface area contributed by atoms with Crippen LogP contribution in [0.25, 0.3) is 22.3 Å². The molecule has 4 nitrogen and oxygen atoms in total. The Hall–Kier alpha value is -3.27. The van der Waals surface area contributed by atoms with Crippen molar-refractivity contribution in [1.29, 1.82) is 0 Å². The lowest BCUT2D eigenvalue weighted by Crippen LogP contribution is -2.03. The molecule has 0 aliphatic rings. The standard InChI is InChI=1S/C20H16O4/c1-13(21)24-19-4-2-3-18(14-5-9-16(22)10-6-14)20(19)15-7-11-17(23)12-8-15/h2-12,22-23H,1H3. The summed E-state index contributed by atoms with van der Waals surface area (Å²) in [5, 5.41) is 19.0. The van der Waals surface area contributed by atoms with Crippen LogP contribution in [0.2, 0.25) is 0 Å². The Kier molecular flexibility index (Phi) is 4.20. The average molecular weight is 320 g/mol. The van der Waals surface area contributed by atoms with Gasteiger partial charge in [0, 0.05) is 12.5 Å². The first-order valence-electron chi connectivity index (χ1n) is 7.45. The highest BCUT2D eigenvalue weighted by atomic mass is 16.5. The molecule has 0 radical (unpaired) electrons.